The zero-order valence-corrected chi connectivity index (χ0v) is 14.4. The molecule has 0 bridgehead atoms. The first-order chi connectivity index (χ1) is 12.1. The number of thioether (sulfide) groups is 1. The van der Waals surface area contributed by atoms with Gasteiger partial charge in [0.25, 0.3) is 5.69 Å². The molecular weight excluding hydrogens is 346 g/mol. The van der Waals surface area contributed by atoms with Gasteiger partial charge in [-0.15, -0.1) is 16.8 Å². The molecule has 0 radical (unpaired) electrons. The summed E-state index contributed by atoms with van der Waals surface area (Å²) in [5, 5.41) is 22.1. The van der Waals surface area contributed by atoms with Crippen LogP contribution >= 0.6 is 11.8 Å². The molecule has 0 aliphatic heterocycles. The molecule has 132 valence electrons. The van der Waals surface area contributed by atoms with Gasteiger partial charge in [0.05, 0.1) is 10.7 Å². The molecule has 0 saturated heterocycles. The highest BCUT2D eigenvalue weighted by Crippen LogP contribution is 2.24. The van der Waals surface area contributed by atoms with Crippen molar-refractivity contribution >= 4 is 29.0 Å². The first-order valence-corrected chi connectivity index (χ1v) is 8.23. The molecule has 1 aromatic carbocycles. The standard InChI is InChI=1S/C15H17N5O4S/c1-3-8-19-13(9-24-2)17-18-15(19)25-10-14(21)16-11-6-4-5-7-12(11)20(22)23/h3-7H,1,8-10H2,2H3,(H,16,21). The van der Waals surface area contributed by atoms with Gasteiger partial charge in [-0.3, -0.25) is 14.9 Å². The molecule has 1 N–H and O–H groups in total. The van der Waals surface area contributed by atoms with E-state index in [0.29, 0.717) is 24.1 Å². The third kappa shape index (κ3) is 4.88. The number of nitro benzene ring substituents is 1. The highest BCUT2D eigenvalue weighted by molar-refractivity contribution is 7.99. The van der Waals surface area contributed by atoms with Crippen LogP contribution in [0.1, 0.15) is 5.82 Å². The summed E-state index contributed by atoms with van der Waals surface area (Å²) < 4.78 is 6.85. The van der Waals surface area contributed by atoms with Gasteiger partial charge in [-0.25, -0.2) is 0 Å². The van der Waals surface area contributed by atoms with Crippen molar-refractivity contribution in [1.82, 2.24) is 14.8 Å². The van der Waals surface area contributed by atoms with E-state index in [1.807, 2.05) is 0 Å². The Bertz CT molecular complexity index is 777. The Balaban J connectivity index is 2.03. The van der Waals surface area contributed by atoms with Crippen molar-refractivity contribution in [3.8, 4) is 0 Å². The second-order valence-corrected chi connectivity index (χ2v) is 5.78. The number of rotatable bonds is 9. The lowest BCUT2D eigenvalue weighted by Gasteiger charge is -2.08. The Morgan fingerprint density at radius 2 is 2.24 bits per heavy atom. The molecule has 0 aliphatic rings. The number of para-hydroxylation sites is 2. The molecule has 0 spiro atoms. The average molecular weight is 363 g/mol. The van der Waals surface area contributed by atoms with E-state index < -0.39 is 4.92 Å². The maximum Gasteiger partial charge on any atom is 0.292 e. The lowest BCUT2D eigenvalue weighted by atomic mass is 10.2. The summed E-state index contributed by atoms with van der Waals surface area (Å²) in [5.74, 6) is 0.290. The minimum Gasteiger partial charge on any atom is -0.377 e. The number of anilines is 1. The Labute approximate surface area is 148 Å². The van der Waals surface area contributed by atoms with E-state index in [9.17, 15) is 14.9 Å². The first kappa shape index (κ1) is 18.6. The molecular formula is C15H17N5O4S. The largest absolute Gasteiger partial charge is 0.377 e. The highest BCUT2D eigenvalue weighted by atomic mass is 32.2. The smallest absolute Gasteiger partial charge is 0.292 e. The van der Waals surface area contributed by atoms with Crippen LogP contribution in [0.15, 0.2) is 42.1 Å². The van der Waals surface area contributed by atoms with Gasteiger partial charge in [-0.05, 0) is 6.07 Å². The molecule has 1 heterocycles. The van der Waals surface area contributed by atoms with Crippen molar-refractivity contribution in [2.24, 2.45) is 0 Å². The number of ether oxygens (including phenoxy) is 1. The van der Waals surface area contributed by atoms with E-state index in [-0.39, 0.29) is 23.0 Å². The van der Waals surface area contributed by atoms with E-state index >= 15 is 0 Å². The first-order valence-electron chi connectivity index (χ1n) is 7.24. The molecule has 9 nitrogen and oxygen atoms in total. The lowest BCUT2D eigenvalue weighted by Crippen LogP contribution is -2.15. The number of nitrogens with one attached hydrogen (secondary N) is 1. The van der Waals surface area contributed by atoms with Crippen molar-refractivity contribution in [1.29, 1.82) is 0 Å². The van der Waals surface area contributed by atoms with Gasteiger partial charge in [0.1, 0.15) is 12.3 Å². The number of aromatic nitrogens is 3. The monoisotopic (exact) mass is 363 g/mol. The maximum absolute atomic E-state index is 12.1. The van der Waals surface area contributed by atoms with Crippen LogP contribution in [0.5, 0.6) is 0 Å². The summed E-state index contributed by atoms with van der Waals surface area (Å²) in [6.07, 6.45) is 1.69. The van der Waals surface area contributed by atoms with Crippen LogP contribution < -0.4 is 5.32 Å². The normalized spacial score (nSPS) is 10.4. The summed E-state index contributed by atoms with van der Waals surface area (Å²) in [5.41, 5.74) is 0.00350. The van der Waals surface area contributed by atoms with E-state index in [0.717, 1.165) is 0 Å². The molecule has 1 aromatic heterocycles. The number of hydrogen-bond donors (Lipinski definition) is 1. The van der Waals surface area contributed by atoms with E-state index in [4.69, 9.17) is 4.74 Å². The van der Waals surface area contributed by atoms with Gasteiger partial charge >= 0.3 is 0 Å². The van der Waals surface area contributed by atoms with Crippen molar-refractivity contribution in [3.63, 3.8) is 0 Å². The number of carbonyl (C=O) groups excluding carboxylic acids is 1. The predicted molar refractivity (Wildman–Crippen MR) is 93.4 cm³/mol. The fraction of sp³-hybridized carbons (Fsp3) is 0.267. The van der Waals surface area contributed by atoms with Crippen LogP contribution in [0.3, 0.4) is 0 Å². The number of hydrogen-bond acceptors (Lipinski definition) is 7. The van der Waals surface area contributed by atoms with Crippen LogP contribution in [0.4, 0.5) is 11.4 Å². The summed E-state index contributed by atoms with van der Waals surface area (Å²) in [7, 11) is 1.56. The van der Waals surface area contributed by atoms with Gasteiger partial charge in [0.2, 0.25) is 5.91 Å². The van der Waals surface area contributed by atoms with Crippen molar-refractivity contribution < 1.29 is 14.5 Å². The Kier molecular flexibility index (Phi) is 6.66. The zero-order valence-electron chi connectivity index (χ0n) is 13.5. The highest BCUT2D eigenvalue weighted by Gasteiger charge is 2.17. The van der Waals surface area contributed by atoms with Crippen molar-refractivity contribution in [2.45, 2.75) is 18.3 Å². The number of nitro groups is 1. The summed E-state index contributed by atoms with van der Waals surface area (Å²) in [4.78, 5) is 22.5. The number of amides is 1. The maximum atomic E-state index is 12.1. The number of allylic oxidation sites excluding steroid dienone is 1. The third-order valence-corrected chi connectivity index (χ3v) is 4.05. The molecule has 2 rings (SSSR count). The van der Waals surface area contributed by atoms with E-state index in [1.54, 1.807) is 23.8 Å². The molecule has 0 saturated carbocycles. The van der Waals surface area contributed by atoms with Crippen LogP contribution in [0, 0.1) is 10.1 Å². The number of methoxy groups -OCH3 is 1. The van der Waals surface area contributed by atoms with Gasteiger partial charge in [-0.1, -0.05) is 30.0 Å². The molecule has 1 amide bonds. The van der Waals surface area contributed by atoms with Crippen molar-refractivity contribution in [2.75, 3.05) is 18.2 Å². The Morgan fingerprint density at radius 1 is 1.48 bits per heavy atom. The molecule has 10 heteroatoms. The number of nitrogens with zero attached hydrogens (tertiary/aromatic N) is 4. The second kappa shape index (κ2) is 8.94. The zero-order chi connectivity index (χ0) is 18.2. The SMILES string of the molecule is C=CCn1c(COC)nnc1SCC(=O)Nc1ccccc1[N+](=O)[O-]. The molecule has 25 heavy (non-hydrogen) atoms. The second-order valence-electron chi connectivity index (χ2n) is 4.84. The average Bonchev–Trinajstić information content (AvgIpc) is 2.96. The summed E-state index contributed by atoms with van der Waals surface area (Å²) >= 11 is 1.18. The minimum absolute atomic E-state index is 0.0360. The fourth-order valence-corrected chi connectivity index (χ4v) is 2.80. The predicted octanol–water partition coefficient (Wildman–Crippen LogP) is 2.25. The Morgan fingerprint density at radius 3 is 2.92 bits per heavy atom. The molecule has 0 aliphatic carbocycles. The summed E-state index contributed by atoms with van der Waals surface area (Å²) in [6, 6.07) is 5.98. The quantitative estimate of drug-likeness (QED) is 0.315. The topological polar surface area (TPSA) is 112 Å². The number of carbonyl (C=O) groups is 1. The van der Waals surface area contributed by atoms with Crippen LogP contribution in [-0.4, -0.2) is 38.5 Å². The van der Waals surface area contributed by atoms with Crippen molar-refractivity contribution in [3.05, 3.63) is 52.9 Å². The fourth-order valence-electron chi connectivity index (χ4n) is 2.03. The van der Waals surface area contributed by atoms with E-state index in [1.165, 1.54) is 30.0 Å². The lowest BCUT2D eigenvalue weighted by molar-refractivity contribution is -0.383. The molecule has 0 unspecified atom stereocenters. The van der Waals surface area contributed by atoms with E-state index in [2.05, 4.69) is 22.1 Å². The molecule has 0 atom stereocenters. The van der Waals surface area contributed by atoms with Crippen LogP contribution in [-0.2, 0) is 22.7 Å². The van der Waals surface area contributed by atoms with Gasteiger partial charge in [0, 0.05) is 19.7 Å². The van der Waals surface area contributed by atoms with Crippen LogP contribution in [0.2, 0.25) is 0 Å². The number of benzene rings is 1. The Hall–Kier alpha value is -2.72. The van der Waals surface area contributed by atoms with Gasteiger partial charge in [-0.2, -0.15) is 0 Å². The third-order valence-electron chi connectivity index (χ3n) is 3.09. The van der Waals surface area contributed by atoms with Gasteiger partial charge < -0.3 is 14.6 Å². The summed E-state index contributed by atoms with van der Waals surface area (Å²) in [6.45, 7) is 4.47. The minimum atomic E-state index is -0.541. The van der Waals surface area contributed by atoms with Gasteiger partial charge in [0.15, 0.2) is 11.0 Å². The molecule has 2 aromatic rings. The van der Waals surface area contributed by atoms with Crippen LogP contribution in [0.25, 0.3) is 0 Å². The molecule has 0 fully saturated rings.